The molecule has 1 aromatic rings. The van der Waals surface area contributed by atoms with E-state index in [1.807, 2.05) is 25.2 Å². The Morgan fingerprint density at radius 3 is 2.92 bits per heavy atom. The van der Waals surface area contributed by atoms with E-state index in [2.05, 4.69) is 25.8 Å². The Balaban J connectivity index is 1.58. The highest BCUT2D eigenvalue weighted by Crippen LogP contribution is 2.29. The smallest absolute Gasteiger partial charge is 0.240 e. The van der Waals surface area contributed by atoms with Crippen LogP contribution in [0.25, 0.3) is 0 Å². The fraction of sp³-hybridized carbons (Fsp3) is 0.588. The van der Waals surface area contributed by atoms with Gasteiger partial charge in [-0.3, -0.25) is 9.59 Å². The van der Waals surface area contributed by atoms with Crippen LogP contribution in [0.4, 0.5) is 5.95 Å². The number of carbonyl (C=O) groups is 2. The minimum absolute atomic E-state index is 0.00543. The number of hydrogen-bond acceptors (Lipinski definition) is 6. The van der Waals surface area contributed by atoms with Crippen molar-refractivity contribution < 1.29 is 9.59 Å². The van der Waals surface area contributed by atoms with Crippen molar-refractivity contribution in [3.8, 4) is 0 Å². The van der Waals surface area contributed by atoms with E-state index in [0.717, 1.165) is 36.2 Å². The summed E-state index contributed by atoms with van der Waals surface area (Å²) >= 11 is 0. The molecule has 2 aliphatic rings. The number of anilines is 1. The molecular weight excluding hydrogens is 320 g/mol. The number of aryl methyl sites for hydroxylation is 1. The zero-order chi connectivity index (χ0) is 17.8. The summed E-state index contributed by atoms with van der Waals surface area (Å²) < 4.78 is 0. The van der Waals surface area contributed by atoms with Crippen LogP contribution in [0.15, 0.2) is 11.3 Å². The number of nitrogens with zero attached hydrogens (tertiary/aromatic N) is 4. The van der Waals surface area contributed by atoms with Crippen LogP contribution in [0.5, 0.6) is 0 Å². The second-order valence-corrected chi connectivity index (χ2v) is 6.69. The van der Waals surface area contributed by atoms with Gasteiger partial charge in [-0.25, -0.2) is 15.4 Å². The topological polar surface area (TPSA) is 99.6 Å². The first-order chi connectivity index (χ1) is 12.0. The third-order valence-electron chi connectivity index (χ3n) is 4.52. The fourth-order valence-corrected chi connectivity index (χ4v) is 3.12. The van der Waals surface area contributed by atoms with Gasteiger partial charge in [-0.05, 0) is 32.1 Å². The Morgan fingerprint density at radius 1 is 1.36 bits per heavy atom. The SMILES string of the molecule is CN(C)c1ncc2c(n1)CCC[C@H]2NC(=O)CCC1=NNC(=O)CC1. The molecule has 8 nitrogen and oxygen atoms in total. The van der Waals surface area contributed by atoms with E-state index < -0.39 is 0 Å². The lowest BCUT2D eigenvalue weighted by Crippen LogP contribution is -2.32. The van der Waals surface area contributed by atoms with Gasteiger partial charge >= 0.3 is 0 Å². The van der Waals surface area contributed by atoms with Crippen LogP contribution in [0.1, 0.15) is 55.8 Å². The molecule has 134 valence electrons. The van der Waals surface area contributed by atoms with E-state index in [1.54, 1.807) is 0 Å². The minimum atomic E-state index is -0.0656. The molecule has 0 fully saturated rings. The summed E-state index contributed by atoms with van der Waals surface area (Å²) in [4.78, 5) is 34.2. The molecule has 2 amide bonds. The monoisotopic (exact) mass is 344 g/mol. The predicted molar refractivity (Wildman–Crippen MR) is 94.2 cm³/mol. The molecule has 0 unspecified atom stereocenters. The van der Waals surface area contributed by atoms with Crippen molar-refractivity contribution in [2.24, 2.45) is 5.10 Å². The highest BCUT2D eigenvalue weighted by molar-refractivity contribution is 5.94. The van der Waals surface area contributed by atoms with Crippen molar-refractivity contribution in [1.29, 1.82) is 0 Å². The average molecular weight is 344 g/mol. The number of hydrazone groups is 1. The Kier molecular flexibility index (Phi) is 5.25. The van der Waals surface area contributed by atoms with Gasteiger partial charge in [-0.2, -0.15) is 5.10 Å². The van der Waals surface area contributed by atoms with Gasteiger partial charge in [0.05, 0.1) is 11.7 Å². The molecule has 25 heavy (non-hydrogen) atoms. The molecule has 1 aromatic heterocycles. The van der Waals surface area contributed by atoms with Gasteiger partial charge in [-0.1, -0.05) is 0 Å². The van der Waals surface area contributed by atoms with Crippen molar-refractivity contribution in [3.63, 3.8) is 0 Å². The number of hydrogen-bond donors (Lipinski definition) is 2. The first-order valence-corrected chi connectivity index (χ1v) is 8.69. The van der Waals surface area contributed by atoms with E-state index in [-0.39, 0.29) is 17.9 Å². The number of fused-ring (bicyclic) bond motifs is 1. The maximum absolute atomic E-state index is 12.3. The van der Waals surface area contributed by atoms with Gasteiger partial charge in [-0.15, -0.1) is 0 Å². The van der Waals surface area contributed by atoms with E-state index in [4.69, 9.17) is 0 Å². The summed E-state index contributed by atoms with van der Waals surface area (Å²) in [5.74, 6) is 0.626. The van der Waals surface area contributed by atoms with Crippen LogP contribution < -0.4 is 15.6 Å². The third kappa shape index (κ3) is 4.32. The molecular formula is C17H24N6O2. The lowest BCUT2D eigenvalue weighted by molar-refractivity contribution is -0.122. The maximum Gasteiger partial charge on any atom is 0.240 e. The molecule has 1 aliphatic heterocycles. The summed E-state index contributed by atoms with van der Waals surface area (Å²) in [6.07, 6.45) is 6.68. The summed E-state index contributed by atoms with van der Waals surface area (Å²) in [5, 5.41) is 7.10. The zero-order valence-electron chi connectivity index (χ0n) is 14.7. The van der Waals surface area contributed by atoms with Crippen LogP contribution in [-0.4, -0.2) is 41.6 Å². The summed E-state index contributed by atoms with van der Waals surface area (Å²) in [6, 6.07) is -0.0274. The van der Waals surface area contributed by atoms with Crippen LogP contribution in [0, 0.1) is 0 Å². The Morgan fingerprint density at radius 2 is 2.20 bits per heavy atom. The van der Waals surface area contributed by atoms with Gasteiger partial charge in [0.1, 0.15) is 0 Å². The number of carbonyl (C=O) groups excluding carboxylic acids is 2. The van der Waals surface area contributed by atoms with E-state index in [0.29, 0.717) is 31.6 Å². The molecule has 0 aromatic carbocycles. The summed E-state index contributed by atoms with van der Waals surface area (Å²) in [5.41, 5.74) is 5.38. The highest BCUT2D eigenvalue weighted by atomic mass is 16.2. The summed E-state index contributed by atoms with van der Waals surface area (Å²) in [6.45, 7) is 0. The molecule has 1 aliphatic carbocycles. The average Bonchev–Trinajstić information content (AvgIpc) is 2.61. The van der Waals surface area contributed by atoms with Gasteiger partial charge in [0.2, 0.25) is 17.8 Å². The molecule has 0 saturated heterocycles. The lowest BCUT2D eigenvalue weighted by Gasteiger charge is -2.26. The fourth-order valence-electron chi connectivity index (χ4n) is 3.12. The molecule has 1 atom stereocenters. The quantitative estimate of drug-likeness (QED) is 0.833. The molecule has 2 N–H and O–H groups in total. The molecule has 0 saturated carbocycles. The number of aromatic nitrogens is 2. The molecule has 3 rings (SSSR count). The second kappa shape index (κ2) is 7.58. The Hall–Kier alpha value is -2.51. The first-order valence-electron chi connectivity index (χ1n) is 8.69. The van der Waals surface area contributed by atoms with Crippen molar-refractivity contribution in [2.75, 3.05) is 19.0 Å². The molecule has 2 heterocycles. The Labute approximate surface area is 147 Å². The van der Waals surface area contributed by atoms with Crippen LogP contribution in [0.2, 0.25) is 0 Å². The van der Waals surface area contributed by atoms with Crippen LogP contribution >= 0.6 is 0 Å². The van der Waals surface area contributed by atoms with E-state index >= 15 is 0 Å². The standard InChI is InChI=1S/C17H24N6O2/c1-23(2)17-18-10-12-13(4-3-5-14(12)20-17)19-15(24)8-6-11-7-9-16(25)22-21-11/h10,13H,3-9H2,1-2H3,(H,19,24)(H,22,25)/t13-/m1/s1. The van der Waals surface area contributed by atoms with Gasteiger partial charge in [0.25, 0.3) is 0 Å². The lowest BCUT2D eigenvalue weighted by atomic mass is 9.92. The van der Waals surface area contributed by atoms with E-state index in [1.165, 1.54) is 0 Å². The highest BCUT2D eigenvalue weighted by Gasteiger charge is 2.24. The molecule has 8 heteroatoms. The maximum atomic E-state index is 12.3. The summed E-state index contributed by atoms with van der Waals surface area (Å²) in [7, 11) is 3.83. The number of amides is 2. The number of nitrogens with one attached hydrogen (secondary N) is 2. The zero-order valence-corrected chi connectivity index (χ0v) is 14.7. The van der Waals surface area contributed by atoms with Crippen molar-refractivity contribution >= 4 is 23.5 Å². The Bertz CT molecular complexity index is 700. The minimum Gasteiger partial charge on any atom is -0.349 e. The second-order valence-electron chi connectivity index (χ2n) is 6.69. The molecule has 0 spiro atoms. The van der Waals surface area contributed by atoms with Gasteiger partial charge in [0.15, 0.2) is 0 Å². The number of rotatable bonds is 5. The van der Waals surface area contributed by atoms with E-state index in [9.17, 15) is 9.59 Å². The predicted octanol–water partition coefficient (Wildman–Crippen LogP) is 1.08. The largest absolute Gasteiger partial charge is 0.349 e. The van der Waals surface area contributed by atoms with Gasteiger partial charge in [0, 0.05) is 44.4 Å². The van der Waals surface area contributed by atoms with Crippen molar-refractivity contribution in [3.05, 3.63) is 17.5 Å². The van der Waals surface area contributed by atoms with Crippen molar-refractivity contribution in [1.82, 2.24) is 20.7 Å². The third-order valence-corrected chi connectivity index (χ3v) is 4.52. The van der Waals surface area contributed by atoms with Crippen LogP contribution in [-0.2, 0) is 16.0 Å². The normalized spacial score (nSPS) is 19.5. The first kappa shape index (κ1) is 17.3. The van der Waals surface area contributed by atoms with Crippen LogP contribution in [0.3, 0.4) is 0 Å². The van der Waals surface area contributed by atoms with Crippen molar-refractivity contribution in [2.45, 2.75) is 51.0 Å². The van der Waals surface area contributed by atoms with Gasteiger partial charge < -0.3 is 10.2 Å². The molecule has 0 radical (unpaired) electrons. The molecule has 0 bridgehead atoms.